The molecule has 0 atom stereocenters. The summed E-state index contributed by atoms with van der Waals surface area (Å²) >= 11 is 0. The number of rotatable bonds is 5. The predicted octanol–water partition coefficient (Wildman–Crippen LogP) is 5.15. The number of amides is 1. The minimum Gasteiger partial charge on any atom is -0.493 e. The lowest BCUT2D eigenvalue weighted by Crippen LogP contribution is -2.14. The molecule has 1 heterocycles. The van der Waals surface area contributed by atoms with Crippen molar-refractivity contribution >= 4 is 11.6 Å². The first-order valence-electron chi connectivity index (χ1n) is 8.12. The van der Waals surface area contributed by atoms with Crippen LogP contribution in [0.5, 0.6) is 17.2 Å². The highest BCUT2D eigenvalue weighted by atomic mass is 19.4. The monoisotopic (exact) mass is 388 g/mol. The maximum atomic E-state index is 12.5. The highest BCUT2D eigenvalue weighted by Gasteiger charge is 2.32. The summed E-state index contributed by atoms with van der Waals surface area (Å²) in [5.41, 5.74) is -0.582. The maximum absolute atomic E-state index is 12.5. The molecular weight excluding hydrogens is 373 g/mol. The van der Waals surface area contributed by atoms with Crippen LogP contribution in [0.1, 0.15) is 16.1 Å². The Bertz CT molecular complexity index is 956. The number of anilines is 1. The van der Waals surface area contributed by atoms with E-state index in [0.717, 1.165) is 18.3 Å². The van der Waals surface area contributed by atoms with Crippen LogP contribution in [-0.4, -0.2) is 18.0 Å². The van der Waals surface area contributed by atoms with Gasteiger partial charge in [0.25, 0.3) is 5.91 Å². The second-order valence-electron chi connectivity index (χ2n) is 5.66. The number of methoxy groups -OCH3 is 1. The summed E-state index contributed by atoms with van der Waals surface area (Å²) in [7, 11) is 1.54. The number of pyridine rings is 1. The van der Waals surface area contributed by atoms with Gasteiger partial charge in [0.15, 0.2) is 11.5 Å². The van der Waals surface area contributed by atoms with Crippen LogP contribution in [0.25, 0.3) is 0 Å². The minimum absolute atomic E-state index is 0.0161. The molecule has 0 saturated heterocycles. The van der Waals surface area contributed by atoms with Gasteiger partial charge >= 0.3 is 6.18 Å². The van der Waals surface area contributed by atoms with E-state index in [1.165, 1.54) is 7.11 Å². The van der Waals surface area contributed by atoms with E-state index in [4.69, 9.17) is 9.47 Å². The van der Waals surface area contributed by atoms with Gasteiger partial charge in [-0.2, -0.15) is 13.2 Å². The molecule has 0 aliphatic rings. The molecule has 8 heteroatoms. The molecule has 1 amide bonds. The fourth-order valence-electron chi connectivity index (χ4n) is 2.34. The Balaban J connectivity index is 1.66. The van der Waals surface area contributed by atoms with Crippen molar-refractivity contribution < 1.29 is 27.4 Å². The Morgan fingerprint density at radius 3 is 2.21 bits per heavy atom. The Hall–Kier alpha value is -3.55. The Morgan fingerprint density at radius 2 is 1.64 bits per heavy atom. The number of carbonyl (C=O) groups excluding carboxylic acids is 1. The topological polar surface area (TPSA) is 60.5 Å². The van der Waals surface area contributed by atoms with Crippen LogP contribution in [0.2, 0.25) is 0 Å². The molecule has 3 aromatic rings. The lowest BCUT2D eigenvalue weighted by molar-refractivity contribution is -0.141. The average molecular weight is 388 g/mol. The highest BCUT2D eigenvalue weighted by Crippen LogP contribution is 2.31. The number of aromatic nitrogens is 1. The minimum atomic E-state index is -4.55. The summed E-state index contributed by atoms with van der Waals surface area (Å²) in [5, 5.41) is 2.59. The van der Waals surface area contributed by atoms with E-state index in [2.05, 4.69) is 10.3 Å². The zero-order chi connectivity index (χ0) is 20.1. The van der Waals surface area contributed by atoms with E-state index in [-0.39, 0.29) is 5.56 Å². The van der Waals surface area contributed by atoms with E-state index < -0.39 is 17.8 Å². The number of nitrogens with one attached hydrogen (secondary N) is 1. The molecule has 0 spiro atoms. The molecule has 0 radical (unpaired) electrons. The van der Waals surface area contributed by atoms with Gasteiger partial charge in [-0.15, -0.1) is 0 Å². The van der Waals surface area contributed by atoms with Crippen LogP contribution in [0, 0.1) is 0 Å². The van der Waals surface area contributed by atoms with Crippen molar-refractivity contribution in [3.8, 4) is 17.2 Å². The van der Waals surface area contributed by atoms with Crippen molar-refractivity contribution in [3.63, 3.8) is 0 Å². The lowest BCUT2D eigenvalue weighted by Gasteiger charge is -2.11. The summed E-state index contributed by atoms with van der Waals surface area (Å²) in [5.74, 6) is 1.07. The first kappa shape index (κ1) is 19.2. The molecule has 0 bridgehead atoms. The largest absolute Gasteiger partial charge is 0.493 e. The smallest absolute Gasteiger partial charge is 0.433 e. The lowest BCUT2D eigenvalue weighted by atomic mass is 10.2. The molecule has 0 saturated carbocycles. The summed E-state index contributed by atoms with van der Waals surface area (Å²) in [4.78, 5) is 15.4. The van der Waals surface area contributed by atoms with Crippen molar-refractivity contribution in [2.24, 2.45) is 0 Å². The summed E-state index contributed by atoms with van der Waals surface area (Å²) in [6.07, 6.45) is -3.66. The molecule has 28 heavy (non-hydrogen) atoms. The van der Waals surface area contributed by atoms with Gasteiger partial charge in [0.1, 0.15) is 11.4 Å². The molecular formula is C20H15F3N2O3. The van der Waals surface area contributed by atoms with Crippen LogP contribution < -0.4 is 14.8 Å². The molecule has 1 N–H and O–H groups in total. The van der Waals surface area contributed by atoms with Crippen molar-refractivity contribution in [3.05, 3.63) is 78.1 Å². The standard InChI is InChI=1S/C20H15F3N2O3/c1-27-16-4-2-3-5-17(16)28-15-9-7-14(8-10-15)25-19(26)13-6-11-18(24-12-13)20(21,22)23/h2-12H,1H3,(H,25,26). The normalized spacial score (nSPS) is 11.0. The Kier molecular flexibility index (Phi) is 5.49. The molecule has 0 unspecified atom stereocenters. The second kappa shape index (κ2) is 7.99. The van der Waals surface area contributed by atoms with Gasteiger partial charge in [-0.05, 0) is 48.5 Å². The Morgan fingerprint density at radius 1 is 0.964 bits per heavy atom. The third-order valence-corrected chi connectivity index (χ3v) is 3.73. The number of carbonyl (C=O) groups is 1. The number of hydrogen-bond acceptors (Lipinski definition) is 4. The number of para-hydroxylation sites is 2. The van der Waals surface area contributed by atoms with E-state index >= 15 is 0 Å². The third-order valence-electron chi connectivity index (χ3n) is 3.73. The van der Waals surface area contributed by atoms with Gasteiger partial charge in [0, 0.05) is 11.9 Å². The zero-order valence-corrected chi connectivity index (χ0v) is 14.7. The molecule has 0 aliphatic carbocycles. The maximum Gasteiger partial charge on any atom is 0.433 e. The SMILES string of the molecule is COc1ccccc1Oc1ccc(NC(=O)c2ccc(C(F)(F)F)nc2)cc1. The first-order valence-corrected chi connectivity index (χ1v) is 8.12. The van der Waals surface area contributed by atoms with Gasteiger partial charge in [-0.25, -0.2) is 0 Å². The second-order valence-corrected chi connectivity index (χ2v) is 5.66. The highest BCUT2D eigenvalue weighted by molar-refractivity contribution is 6.04. The van der Waals surface area contributed by atoms with Gasteiger partial charge in [-0.1, -0.05) is 12.1 Å². The fraction of sp³-hybridized carbons (Fsp3) is 0.100. The Labute approximate surface area is 158 Å². The molecule has 0 fully saturated rings. The fourth-order valence-corrected chi connectivity index (χ4v) is 2.34. The van der Waals surface area contributed by atoms with Crippen LogP contribution in [0.15, 0.2) is 66.9 Å². The van der Waals surface area contributed by atoms with E-state index in [9.17, 15) is 18.0 Å². The molecule has 1 aromatic heterocycles. The molecule has 0 aliphatic heterocycles. The van der Waals surface area contributed by atoms with Gasteiger partial charge in [0.05, 0.1) is 12.7 Å². The molecule has 144 valence electrons. The van der Waals surface area contributed by atoms with Crippen molar-refractivity contribution in [1.82, 2.24) is 4.98 Å². The van der Waals surface area contributed by atoms with E-state index in [1.54, 1.807) is 36.4 Å². The third kappa shape index (κ3) is 4.59. The molecule has 5 nitrogen and oxygen atoms in total. The van der Waals surface area contributed by atoms with Crippen LogP contribution in [0.3, 0.4) is 0 Å². The quantitative estimate of drug-likeness (QED) is 0.656. The summed E-state index contributed by atoms with van der Waals surface area (Å²) in [6, 6.07) is 15.5. The van der Waals surface area contributed by atoms with E-state index in [0.29, 0.717) is 22.9 Å². The summed E-state index contributed by atoms with van der Waals surface area (Å²) in [6.45, 7) is 0. The first-order chi connectivity index (χ1) is 13.4. The van der Waals surface area contributed by atoms with Gasteiger partial charge in [-0.3, -0.25) is 9.78 Å². The number of ether oxygens (including phenoxy) is 2. The van der Waals surface area contributed by atoms with Gasteiger partial charge < -0.3 is 14.8 Å². The zero-order valence-electron chi connectivity index (χ0n) is 14.7. The van der Waals surface area contributed by atoms with Crippen LogP contribution in [-0.2, 0) is 6.18 Å². The number of benzene rings is 2. The number of alkyl halides is 3. The van der Waals surface area contributed by atoms with Crippen molar-refractivity contribution in [2.45, 2.75) is 6.18 Å². The van der Waals surface area contributed by atoms with Gasteiger partial charge in [0.2, 0.25) is 0 Å². The molecule has 3 rings (SSSR count). The van der Waals surface area contributed by atoms with E-state index in [1.807, 2.05) is 12.1 Å². The predicted molar refractivity (Wildman–Crippen MR) is 96.7 cm³/mol. The van der Waals surface area contributed by atoms with Crippen molar-refractivity contribution in [1.29, 1.82) is 0 Å². The number of halogens is 3. The van der Waals surface area contributed by atoms with Crippen molar-refractivity contribution in [2.75, 3.05) is 12.4 Å². The number of hydrogen-bond donors (Lipinski definition) is 1. The van der Waals surface area contributed by atoms with Crippen LogP contribution in [0.4, 0.5) is 18.9 Å². The van der Waals surface area contributed by atoms with Crippen LogP contribution >= 0.6 is 0 Å². The average Bonchev–Trinajstić information content (AvgIpc) is 2.69. The number of nitrogens with zero attached hydrogens (tertiary/aromatic N) is 1. The summed E-state index contributed by atoms with van der Waals surface area (Å²) < 4.78 is 48.5. The molecule has 2 aromatic carbocycles.